The van der Waals surface area contributed by atoms with E-state index in [2.05, 4.69) is 10.9 Å². The molecule has 1 atom stereocenters. The number of anilines is 2. The third-order valence-electron chi connectivity index (χ3n) is 2.39. The van der Waals surface area contributed by atoms with Crippen molar-refractivity contribution in [2.45, 2.75) is 6.42 Å². The minimum absolute atomic E-state index is 0.0102. The average Bonchev–Trinajstić information content (AvgIpc) is 2.60. The highest BCUT2D eigenvalue weighted by atomic mass is 16.2. The molecule has 4 heteroatoms. The van der Waals surface area contributed by atoms with Crippen molar-refractivity contribution in [1.29, 1.82) is 0 Å². The Hall–Kier alpha value is -2.02. The Labute approximate surface area is 88.1 Å². The van der Waals surface area contributed by atoms with Gasteiger partial charge in [-0.15, -0.1) is 12.3 Å². The number of carbonyl (C=O) groups is 1. The monoisotopic (exact) mass is 201 g/mol. The Morgan fingerprint density at radius 3 is 3.00 bits per heavy atom. The van der Waals surface area contributed by atoms with E-state index in [1.54, 1.807) is 23.1 Å². The SMILES string of the molecule is C#CC1CC(=O)N(c2cccc(N)n2)C1. The molecule has 0 bridgehead atoms. The van der Waals surface area contributed by atoms with E-state index in [1.807, 2.05) is 0 Å². The number of rotatable bonds is 1. The summed E-state index contributed by atoms with van der Waals surface area (Å²) in [6.45, 7) is 0.534. The fourth-order valence-electron chi connectivity index (χ4n) is 1.63. The normalized spacial score (nSPS) is 20.3. The summed E-state index contributed by atoms with van der Waals surface area (Å²) in [6, 6.07) is 5.21. The molecule has 0 saturated carbocycles. The molecule has 4 nitrogen and oxygen atoms in total. The molecule has 2 N–H and O–H groups in total. The number of nitrogens with two attached hydrogens (primary N) is 1. The van der Waals surface area contributed by atoms with Crippen LogP contribution in [0.25, 0.3) is 0 Å². The fraction of sp³-hybridized carbons (Fsp3) is 0.273. The second-order valence-corrected chi connectivity index (χ2v) is 3.49. The number of amides is 1. The molecule has 1 aliphatic heterocycles. The number of hydrogen-bond acceptors (Lipinski definition) is 3. The highest BCUT2D eigenvalue weighted by molar-refractivity contribution is 5.95. The summed E-state index contributed by atoms with van der Waals surface area (Å²) in [4.78, 5) is 17.3. The van der Waals surface area contributed by atoms with Gasteiger partial charge in [0.15, 0.2) is 0 Å². The van der Waals surface area contributed by atoms with E-state index in [-0.39, 0.29) is 11.8 Å². The van der Waals surface area contributed by atoms with Gasteiger partial charge in [0.25, 0.3) is 0 Å². The number of carbonyl (C=O) groups excluding carboxylic acids is 1. The third-order valence-corrected chi connectivity index (χ3v) is 2.39. The van der Waals surface area contributed by atoms with E-state index in [0.717, 1.165) is 0 Å². The summed E-state index contributed by atoms with van der Waals surface area (Å²) < 4.78 is 0. The molecule has 1 unspecified atom stereocenters. The van der Waals surface area contributed by atoms with Gasteiger partial charge in [0.05, 0.1) is 0 Å². The molecule has 2 heterocycles. The molecule has 0 aliphatic carbocycles. The molecule has 15 heavy (non-hydrogen) atoms. The summed E-state index contributed by atoms with van der Waals surface area (Å²) >= 11 is 0. The van der Waals surface area contributed by atoms with E-state index >= 15 is 0 Å². The smallest absolute Gasteiger partial charge is 0.229 e. The lowest BCUT2D eigenvalue weighted by atomic mass is 10.1. The first-order chi connectivity index (χ1) is 7.20. The van der Waals surface area contributed by atoms with E-state index in [0.29, 0.717) is 24.6 Å². The quantitative estimate of drug-likeness (QED) is 0.679. The molecule has 2 rings (SSSR count). The van der Waals surface area contributed by atoms with Gasteiger partial charge < -0.3 is 5.73 Å². The van der Waals surface area contributed by atoms with Crippen molar-refractivity contribution >= 4 is 17.5 Å². The van der Waals surface area contributed by atoms with Gasteiger partial charge in [0.1, 0.15) is 11.6 Å². The maximum absolute atomic E-state index is 11.6. The summed E-state index contributed by atoms with van der Waals surface area (Å²) in [6.07, 6.45) is 5.69. The first-order valence-electron chi connectivity index (χ1n) is 4.69. The molecule has 1 saturated heterocycles. The average molecular weight is 201 g/mol. The lowest BCUT2D eigenvalue weighted by molar-refractivity contribution is -0.117. The Kier molecular flexibility index (Phi) is 2.30. The van der Waals surface area contributed by atoms with Gasteiger partial charge in [-0.2, -0.15) is 0 Å². The van der Waals surface area contributed by atoms with Gasteiger partial charge in [0.2, 0.25) is 5.91 Å². The summed E-state index contributed by atoms with van der Waals surface area (Å²) in [5, 5.41) is 0. The molecule has 1 amide bonds. The van der Waals surface area contributed by atoms with Gasteiger partial charge in [-0.3, -0.25) is 9.69 Å². The van der Waals surface area contributed by atoms with Gasteiger partial charge in [-0.25, -0.2) is 4.98 Å². The van der Waals surface area contributed by atoms with Crippen LogP contribution in [0.3, 0.4) is 0 Å². The van der Waals surface area contributed by atoms with Crippen molar-refractivity contribution in [2.75, 3.05) is 17.2 Å². The van der Waals surface area contributed by atoms with Crippen molar-refractivity contribution in [3.8, 4) is 12.3 Å². The molecule has 1 aromatic rings. The third kappa shape index (κ3) is 1.77. The van der Waals surface area contributed by atoms with Crippen LogP contribution < -0.4 is 10.6 Å². The molecular formula is C11H11N3O. The molecule has 1 aromatic heterocycles. The van der Waals surface area contributed by atoms with Crippen molar-refractivity contribution in [1.82, 2.24) is 4.98 Å². The molecular weight excluding hydrogens is 190 g/mol. The number of hydrogen-bond donors (Lipinski definition) is 1. The molecule has 1 aliphatic rings. The van der Waals surface area contributed by atoms with Crippen molar-refractivity contribution in [3.63, 3.8) is 0 Å². The lowest BCUT2D eigenvalue weighted by Gasteiger charge is -2.14. The van der Waals surface area contributed by atoms with E-state index in [9.17, 15) is 4.79 Å². The van der Waals surface area contributed by atoms with Crippen LogP contribution in [0.2, 0.25) is 0 Å². The predicted octanol–water partition coefficient (Wildman–Crippen LogP) is 0.650. The van der Waals surface area contributed by atoms with Crippen LogP contribution in [0, 0.1) is 18.3 Å². The van der Waals surface area contributed by atoms with Crippen molar-refractivity contribution in [3.05, 3.63) is 18.2 Å². The maximum Gasteiger partial charge on any atom is 0.229 e. The topological polar surface area (TPSA) is 59.2 Å². The van der Waals surface area contributed by atoms with E-state index in [4.69, 9.17) is 12.2 Å². The summed E-state index contributed by atoms with van der Waals surface area (Å²) in [5.74, 6) is 3.57. The Morgan fingerprint density at radius 1 is 1.60 bits per heavy atom. The van der Waals surface area contributed by atoms with Crippen LogP contribution in [0.1, 0.15) is 6.42 Å². The van der Waals surface area contributed by atoms with Crippen LogP contribution in [-0.4, -0.2) is 17.4 Å². The highest BCUT2D eigenvalue weighted by Crippen LogP contribution is 2.23. The standard InChI is InChI=1S/C11H11N3O/c1-2-8-6-11(15)14(7-8)10-5-3-4-9(12)13-10/h1,3-5,8H,6-7H2,(H2,12,13). The number of nitrogen functional groups attached to an aromatic ring is 1. The minimum atomic E-state index is -0.0132. The highest BCUT2D eigenvalue weighted by Gasteiger charge is 2.29. The van der Waals surface area contributed by atoms with E-state index in [1.165, 1.54) is 0 Å². The first kappa shape index (κ1) is 9.53. The predicted molar refractivity (Wildman–Crippen MR) is 57.9 cm³/mol. The Balaban J connectivity index is 2.26. The summed E-state index contributed by atoms with van der Waals surface area (Å²) in [5.41, 5.74) is 5.55. The molecule has 76 valence electrons. The maximum atomic E-state index is 11.6. The minimum Gasteiger partial charge on any atom is -0.384 e. The summed E-state index contributed by atoms with van der Waals surface area (Å²) in [7, 11) is 0. The van der Waals surface area contributed by atoms with Crippen LogP contribution in [0.5, 0.6) is 0 Å². The number of nitrogens with zero attached hydrogens (tertiary/aromatic N) is 2. The zero-order valence-corrected chi connectivity index (χ0v) is 8.18. The number of terminal acetylenes is 1. The van der Waals surface area contributed by atoms with Crippen molar-refractivity contribution < 1.29 is 4.79 Å². The van der Waals surface area contributed by atoms with Crippen LogP contribution in [-0.2, 0) is 4.79 Å². The van der Waals surface area contributed by atoms with Crippen LogP contribution >= 0.6 is 0 Å². The largest absolute Gasteiger partial charge is 0.384 e. The number of pyridine rings is 1. The van der Waals surface area contributed by atoms with Gasteiger partial charge >= 0.3 is 0 Å². The fourth-order valence-corrected chi connectivity index (χ4v) is 1.63. The van der Waals surface area contributed by atoms with Gasteiger partial charge in [0, 0.05) is 18.9 Å². The number of aromatic nitrogens is 1. The molecule has 0 radical (unpaired) electrons. The molecule has 0 aromatic carbocycles. The Morgan fingerprint density at radius 2 is 2.40 bits per heavy atom. The second-order valence-electron chi connectivity index (χ2n) is 3.49. The molecule has 0 spiro atoms. The van der Waals surface area contributed by atoms with Crippen molar-refractivity contribution in [2.24, 2.45) is 5.92 Å². The zero-order valence-electron chi connectivity index (χ0n) is 8.18. The van der Waals surface area contributed by atoms with E-state index < -0.39 is 0 Å². The second kappa shape index (κ2) is 3.62. The first-order valence-corrected chi connectivity index (χ1v) is 4.69. The van der Waals surface area contributed by atoms with Crippen LogP contribution in [0.4, 0.5) is 11.6 Å². The zero-order chi connectivity index (χ0) is 10.8. The Bertz CT molecular complexity index is 436. The molecule has 1 fully saturated rings. The van der Waals surface area contributed by atoms with Gasteiger partial charge in [-0.05, 0) is 12.1 Å². The lowest BCUT2D eigenvalue weighted by Crippen LogP contribution is -2.25. The van der Waals surface area contributed by atoms with Gasteiger partial charge in [-0.1, -0.05) is 6.07 Å². The van der Waals surface area contributed by atoms with Crippen LogP contribution in [0.15, 0.2) is 18.2 Å².